The minimum atomic E-state index is 1.27. The van der Waals surface area contributed by atoms with Gasteiger partial charge in [0.15, 0.2) is 0 Å². The number of hydrogen-bond donors (Lipinski definition) is 0. The molecule has 0 radical (unpaired) electrons. The maximum Gasteiger partial charge on any atom is 0.0361 e. The maximum absolute atomic E-state index is 2.32. The second-order valence-corrected chi connectivity index (χ2v) is 7.76. The van der Waals surface area contributed by atoms with E-state index in [2.05, 4.69) is 97.9 Å². The van der Waals surface area contributed by atoms with Crippen molar-refractivity contribution < 1.29 is 0 Å². The molecule has 124 valence electrons. The number of benzene rings is 4. The van der Waals surface area contributed by atoms with Crippen LogP contribution < -0.4 is 0 Å². The first-order valence-electron chi connectivity index (χ1n) is 8.88. The van der Waals surface area contributed by atoms with Gasteiger partial charge in [-0.15, -0.1) is 11.3 Å². The smallest absolute Gasteiger partial charge is 0.0361 e. The largest absolute Gasteiger partial charge is 0.135 e. The van der Waals surface area contributed by atoms with Crippen LogP contribution in [0.3, 0.4) is 0 Å². The van der Waals surface area contributed by atoms with Crippen molar-refractivity contribution in [2.45, 2.75) is 6.92 Å². The van der Waals surface area contributed by atoms with E-state index in [0.717, 1.165) is 0 Å². The van der Waals surface area contributed by atoms with Crippen molar-refractivity contribution in [3.05, 3.63) is 96.6 Å². The summed E-state index contributed by atoms with van der Waals surface area (Å²) in [7, 11) is 0. The summed E-state index contributed by atoms with van der Waals surface area (Å²) in [6.07, 6.45) is 0. The van der Waals surface area contributed by atoms with Gasteiger partial charge in [0.25, 0.3) is 0 Å². The first-order valence-corrected chi connectivity index (χ1v) is 9.69. The van der Waals surface area contributed by atoms with Gasteiger partial charge in [-0.1, -0.05) is 78.9 Å². The second-order valence-electron chi connectivity index (χ2n) is 6.67. The summed E-state index contributed by atoms with van der Waals surface area (Å²) >= 11 is 1.87. The normalized spacial score (nSPS) is 11.3. The lowest BCUT2D eigenvalue weighted by atomic mass is 9.94. The van der Waals surface area contributed by atoms with Crippen LogP contribution in [0.1, 0.15) is 5.56 Å². The molecule has 0 N–H and O–H groups in total. The minimum Gasteiger partial charge on any atom is -0.135 e. The molecule has 1 heterocycles. The molecule has 0 aliphatic heterocycles. The number of thiophene rings is 1. The zero-order valence-corrected chi connectivity index (χ0v) is 15.4. The van der Waals surface area contributed by atoms with Crippen LogP contribution in [-0.4, -0.2) is 0 Å². The fourth-order valence-corrected chi connectivity index (χ4v) is 4.92. The molecule has 4 aromatic carbocycles. The molecule has 0 saturated carbocycles. The predicted octanol–water partition coefficient (Wildman–Crippen LogP) is 7.70. The molecular weight excluding hydrogens is 332 g/mol. The van der Waals surface area contributed by atoms with Crippen LogP contribution in [0.2, 0.25) is 0 Å². The molecule has 0 atom stereocenters. The van der Waals surface area contributed by atoms with E-state index < -0.39 is 0 Å². The van der Waals surface area contributed by atoms with Gasteiger partial charge in [0.2, 0.25) is 0 Å². The van der Waals surface area contributed by atoms with Gasteiger partial charge in [0.1, 0.15) is 0 Å². The van der Waals surface area contributed by atoms with E-state index in [0.29, 0.717) is 0 Å². The summed E-state index contributed by atoms with van der Waals surface area (Å²) in [5.74, 6) is 0. The van der Waals surface area contributed by atoms with Crippen molar-refractivity contribution in [2.75, 3.05) is 0 Å². The van der Waals surface area contributed by atoms with E-state index in [4.69, 9.17) is 0 Å². The third-order valence-corrected chi connectivity index (χ3v) is 6.16. The molecule has 0 spiro atoms. The van der Waals surface area contributed by atoms with E-state index in [1.54, 1.807) is 0 Å². The zero-order valence-electron chi connectivity index (χ0n) is 14.6. The topological polar surface area (TPSA) is 0 Å². The molecule has 1 aromatic heterocycles. The van der Waals surface area contributed by atoms with Crippen molar-refractivity contribution in [1.82, 2.24) is 0 Å². The monoisotopic (exact) mass is 350 g/mol. The van der Waals surface area contributed by atoms with E-state index >= 15 is 0 Å². The lowest BCUT2D eigenvalue weighted by molar-refractivity contribution is 1.46. The highest BCUT2D eigenvalue weighted by Crippen LogP contribution is 2.40. The molecule has 26 heavy (non-hydrogen) atoms. The molecule has 0 bridgehead atoms. The molecule has 5 aromatic rings. The highest BCUT2D eigenvalue weighted by atomic mass is 32.1. The Hall–Kier alpha value is -2.90. The number of hydrogen-bond acceptors (Lipinski definition) is 1. The molecule has 0 unspecified atom stereocenters. The Morgan fingerprint density at radius 2 is 1.35 bits per heavy atom. The van der Waals surface area contributed by atoms with E-state index in [9.17, 15) is 0 Å². The Kier molecular flexibility index (Phi) is 3.62. The van der Waals surface area contributed by atoms with Gasteiger partial charge < -0.3 is 0 Å². The summed E-state index contributed by atoms with van der Waals surface area (Å²) in [5.41, 5.74) is 6.50. The van der Waals surface area contributed by atoms with Crippen LogP contribution in [0.25, 0.3) is 42.4 Å². The van der Waals surface area contributed by atoms with Gasteiger partial charge in [-0.3, -0.25) is 0 Å². The van der Waals surface area contributed by atoms with Crippen LogP contribution in [0, 0.1) is 6.92 Å². The second kappa shape index (κ2) is 6.12. The lowest BCUT2D eigenvalue weighted by Gasteiger charge is -2.10. The van der Waals surface area contributed by atoms with Crippen molar-refractivity contribution in [2.24, 2.45) is 0 Å². The third kappa shape index (κ3) is 2.44. The Labute approximate surface area is 157 Å². The van der Waals surface area contributed by atoms with Gasteiger partial charge in [-0.2, -0.15) is 0 Å². The van der Waals surface area contributed by atoms with E-state index in [1.165, 1.54) is 48.0 Å². The quantitative estimate of drug-likeness (QED) is 0.306. The molecule has 0 amide bonds. The van der Waals surface area contributed by atoms with Crippen molar-refractivity contribution >= 4 is 31.5 Å². The predicted molar refractivity (Wildman–Crippen MR) is 115 cm³/mol. The Bertz CT molecular complexity index is 1230. The van der Waals surface area contributed by atoms with Crippen molar-refractivity contribution in [1.29, 1.82) is 0 Å². The van der Waals surface area contributed by atoms with Crippen LogP contribution >= 0.6 is 11.3 Å². The summed E-state index contributed by atoms with van der Waals surface area (Å²) in [6, 6.07) is 32.8. The fourth-order valence-electron chi connectivity index (χ4n) is 3.79. The Morgan fingerprint density at radius 3 is 2.19 bits per heavy atom. The molecule has 5 rings (SSSR count). The average molecular weight is 350 g/mol. The summed E-state index contributed by atoms with van der Waals surface area (Å²) in [6.45, 7) is 2.21. The SMILES string of the molecule is Cc1cc(-c2cccc3sc4ccccc4c23)ccc1-c1ccccc1. The Balaban J connectivity index is 1.72. The lowest BCUT2D eigenvalue weighted by Crippen LogP contribution is -1.86. The average Bonchev–Trinajstić information content (AvgIpc) is 3.07. The first-order chi connectivity index (χ1) is 12.8. The number of fused-ring (bicyclic) bond motifs is 3. The molecule has 0 aliphatic rings. The minimum absolute atomic E-state index is 1.27. The van der Waals surface area contributed by atoms with Gasteiger partial charge >= 0.3 is 0 Å². The Morgan fingerprint density at radius 1 is 0.577 bits per heavy atom. The van der Waals surface area contributed by atoms with Crippen LogP contribution in [0.4, 0.5) is 0 Å². The van der Waals surface area contributed by atoms with Crippen molar-refractivity contribution in [3.63, 3.8) is 0 Å². The van der Waals surface area contributed by atoms with E-state index in [-0.39, 0.29) is 0 Å². The molecular formula is C25H18S. The number of aryl methyl sites for hydroxylation is 1. The first kappa shape index (κ1) is 15.4. The van der Waals surface area contributed by atoms with Gasteiger partial charge in [0.05, 0.1) is 0 Å². The summed E-state index contributed by atoms with van der Waals surface area (Å²) in [4.78, 5) is 0. The third-order valence-electron chi connectivity index (χ3n) is 5.02. The highest BCUT2D eigenvalue weighted by Gasteiger charge is 2.11. The van der Waals surface area contributed by atoms with Gasteiger partial charge in [0, 0.05) is 20.2 Å². The van der Waals surface area contributed by atoms with Crippen LogP contribution in [0.15, 0.2) is 91.0 Å². The molecule has 0 saturated heterocycles. The standard InChI is InChI=1S/C25H18S/c1-17-16-19(14-15-20(17)18-8-3-2-4-9-18)21-11-7-13-24-25(21)22-10-5-6-12-23(22)26-24/h2-16H,1H3. The van der Waals surface area contributed by atoms with E-state index in [1.807, 2.05) is 11.3 Å². The summed E-state index contributed by atoms with van der Waals surface area (Å²) in [5, 5.41) is 2.73. The fraction of sp³-hybridized carbons (Fsp3) is 0.0400. The van der Waals surface area contributed by atoms with Gasteiger partial charge in [-0.25, -0.2) is 0 Å². The highest BCUT2D eigenvalue weighted by molar-refractivity contribution is 7.25. The zero-order chi connectivity index (χ0) is 17.5. The molecule has 0 fully saturated rings. The molecule has 0 nitrogen and oxygen atoms in total. The van der Waals surface area contributed by atoms with Crippen LogP contribution in [0.5, 0.6) is 0 Å². The van der Waals surface area contributed by atoms with Crippen molar-refractivity contribution in [3.8, 4) is 22.3 Å². The maximum atomic E-state index is 2.32. The molecule has 1 heteroatoms. The summed E-state index contributed by atoms with van der Waals surface area (Å²) < 4.78 is 2.71. The molecule has 0 aliphatic carbocycles. The van der Waals surface area contributed by atoms with Crippen LogP contribution in [-0.2, 0) is 0 Å². The number of rotatable bonds is 2. The van der Waals surface area contributed by atoms with Gasteiger partial charge in [-0.05, 0) is 46.9 Å².